The number of aryl methyl sites for hydroxylation is 1. The Balaban J connectivity index is 1.77. The van der Waals surface area contributed by atoms with Gasteiger partial charge in [-0.05, 0) is 36.6 Å². The van der Waals surface area contributed by atoms with Crippen LogP contribution in [0, 0.1) is 5.82 Å². The number of aromatic amines is 1. The van der Waals surface area contributed by atoms with Crippen molar-refractivity contribution in [1.29, 1.82) is 0 Å². The lowest BCUT2D eigenvalue weighted by Gasteiger charge is -2.16. The van der Waals surface area contributed by atoms with Crippen LogP contribution < -0.4 is 5.32 Å². The number of amides is 2. The monoisotopic (exact) mass is 321 g/mol. The number of carboxylic acid groups (broad SMARTS) is 1. The van der Waals surface area contributed by atoms with Crippen LogP contribution in [-0.4, -0.2) is 47.1 Å². The highest BCUT2D eigenvalue weighted by Crippen LogP contribution is 2.20. The largest absolute Gasteiger partial charge is 0.481 e. The van der Waals surface area contributed by atoms with E-state index in [1.807, 2.05) is 6.20 Å². The Kier molecular flexibility index (Phi) is 5.56. The summed E-state index contributed by atoms with van der Waals surface area (Å²) in [4.78, 5) is 26.6. The molecule has 0 radical (unpaired) electrons. The SMILES string of the molecule is CN(CCC(=O)O)C(=O)NCCCc1c[nH]c2ccc(F)cc12. The van der Waals surface area contributed by atoms with Crippen molar-refractivity contribution >= 4 is 22.9 Å². The minimum Gasteiger partial charge on any atom is -0.481 e. The van der Waals surface area contributed by atoms with Gasteiger partial charge in [0.25, 0.3) is 0 Å². The summed E-state index contributed by atoms with van der Waals surface area (Å²) < 4.78 is 13.3. The fourth-order valence-corrected chi connectivity index (χ4v) is 2.33. The number of rotatable bonds is 7. The van der Waals surface area contributed by atoms with Crippen molar-refractivity contribution in [3.63, 3.8) is 0 Å². The van der Waals surface area contributed by atoms with Crippen molar-refractivity contribution in [2.75, 3.05) is 20.1 Å². The average molecular weight is 321 g/mol. The number of nitrogens with zero attached hydrogens (tertiary/aromatic N) is 1. The number of carbonyl (C=O) groups is 2. The lowest BCUT2D eigenvalue weighted by atomic mass is 10.1. The molecule has 6 nitrogen and oxygen atoms in total. The molecule has 1 aromatic carbocycles. The molecular weight excluding hydrogens is 301 g/mol. The number of hydrogen-bond donors (Lipinski definition) is 3. The molecule has 0 fully saturated rings. The third kappa shape index (κ3) is 4.70. The maximum absolute atomic E-state index is 13.3. The van der Waals surface area contributed by atoms with Crippen LogP contribution in [0.1, 0.15) is 18.4 Å². The Morgan fingerprint density at radius 3 is 2.91 bits per heavy atom. The Morgan fingerprint density at radius 1 is 1.39 bits per heavy atom. The molecule has 3 N–H and O–H groups in total. The molecule has 7 heteroatoms. The van der Waals surface area contributed by atoms with Gasteiger partial charge in [0, 0.05) is 37.2 Å². The highest BCUT2D eigenvalue weighted by molar-refractivity contribution is 5.83. The Labute approximate surface area is 133 Å². The molecule has 0 saturated carbocycles. The van der Waals surface area contributed by atoms with E-state index < -0.39 is 5.97 Å². The van der Waals surface area contributed by atoms with Crippen molar-refractivity contribution in [2.45, 2.75) is 19.3 Å². The Morgan fingerprint density at radius 2 is 2.17 bits per heavy atom. The van der Waals surface area contributed by atoms with E-state index in [9.17, 15) is 14.0 Å². The number of nitrogens with one attached hydrogen (secondary N) is 2. The second kappa shape index (κ2) is 7.62. The van der Waals surface area contributed by atoms with E-state index >= 15 is 0 Å². The summed E-state index contributed by atoms with van der Waals surface area (Å²) in [6.07, 6.45) is 3.19. The first-order chi connectivity index (χ1) is 11.0. The first-order valence-corrected chi connectivity index (χ1v) is 7.43. The third-order valence-corrected chi connectivity index (χ3v) is 3.64. The smallest absolute Gasteiger partial charge is 0.317 e. The fraction of sp³-hybridized carbons (Fsp3) is 0.375. The molecule has 0 bridgehead atoms. The molecule has 2 amide bonds. The van der Waals surface area contributed by atoms with E-state index in [0.717, 1.165) is 16.5 Å². The van der Waals surface area contributed by atoms with Crippen molar-refractivity contribution in [2.24, 2.45) is 0 Å². The molecule has 2 aromatic rings. The van der Waals surface area contributed by atoms with Gasteiger partial charge in [0.2, 0.25) is 0 Å². The average Bonchev–Trinajstić information content (AvgIpc) is 2.91. The minimum absolute atomic E-state index is 0.0785. The Bertz CT molecular complexity index is 699. The van der Waals surface area contributed by atoms with E-state index in [2.05, 4.69) is 10.3 Å². The summed E-state index contributed by atoms with van der Waals surface area (Å²) in [5, 5.41) is 12.2. The number of benzene rings is 1. The molecule has 0 spiro atoms. The zero-order valence-corrected chi connectivity index (χ0v) is 12.9. The van der Waals surface area contributed by atoms with Crippen LogP contribution in [0.2, 0.25) is 0 Å². The number of carbonyl (C=O) groups excluding carboxylic acids is 1. The number of urea groups is 1. The van der Waals surface area contributed by atoms with Gasteiger partial charge in [-0.2, -0.15) is 0 Å². The predicted octanol–water partition coefficient (Wildman–Crippen LogP) is 2.36. The van der Waals surface area contributed by atoms with Gasteiger partial charge >= 0.3 is 12.0 Å². The van der Waals surface area contributed by atoms with Gasteiger partial charge in [-0.25, -0.2) is 9.18 Å². The first kappa shape index (κ1) is 16.8. The molecule has 0 aliphatic heterocycles. The van der Waals surface area contributed by atoms with E-state index in [1.54, 1.807) is 13.1 Å². The van der Waals surface area contributed by atoms with Gasteiger partial charge in [0.1, 0.15) is 5.82 Å². The van der Waals surface area contributed by atoms with Crippen LogP contribution in [0.25, 0.3) is 10.9 Å². The fourth-order valence-electron chi connectivity index (χ4n) is 2.33. The third-order valence-electron chi connectivity index (χ3n) is 3.64. The van der Waals surface area contributed by atoms with Gasteiger partial charge in [-0.1, -0.05) is 0 Å². The highest BCUT2D eigenvalue weighted by Gasteiger charge is 2.10. The standard InChI is InChI=1S/C16H20FN3O3/c1-20(8-6-15(21)22)16(23)18-7-2-3-11-10-19-14-5-4-12(17)9-13(11)14/h4-5,9-10,19H,2-3,6-8H2,1H3,(H,18,23)(H,21,22). The van der Waals surface area contributed by atoms with Crippen LogP contribution in [-0.2, 0) is 11.2 Å². The van der Waals surface area contributed by atoms with Crippen molar-refractivity contribution in [1.82, 2.24) is 15.2 Å². The van der Waals surface area contributed by atoms with Crippen LogP contribution in [0.5, 0.6) is 0 Å². The lowest BCUT2D eigenvalue weighted by Crippen LogP contribution is -2.38. The summed E-state index contributed by atoms with van der Waals surface area (Å²) >= 11 is 0. The molecule has 1 heterocycles. The van der Waals surface area contributed by atoms with Gasteiger partial charge in [-0.3, -0.25) is 4.79 Å². The van der Waals surface area contributed by atoms with E-state index in [4.69, 9.17) is 5.11 Å². The summed E-state index contributed by atoms with van der Waals surface area (Å²) in [5.74, 6) is -1.21. The van der Waals surface area contributed by atoms with Crippen LogP contribution >= 0.6 is 0 Å². The van der Waals surface area contributed by atoms with Gasteiger partial charge in [-0.15, -0.1) is 0 Å². The number of halogens is 1. The zero-order valence-electron chi connectivity index (χ0n) is 12.9. The van der Waals surface area contributed by atoms with Gasteiger partial charge in [0.05, 0.1) is 6.42 Å². The summed E-state index contributed by atoms with van der Waals surface area (Å²) in [6, 6.07) is 4.32. The normalized spacial score (nSPS) is 10.7. The molecule has 23 heavy (non-hydrogen) atoms. The molecule has 2 rings (SSSR count). The topological polar surface area (TPSA) is 85.4 Å². The molecule has 0 saturated heterocycles. The van der Waals surface area contributed by atoms with Crippen molar-refractivity contribution in [3.8, 4) is 0 Å². The molecule has 124 valence electrons. The lowest BCUT2D eigenvalue weighted by molar-refractivity contribution is -0.137. The molecule has 0 unspecified atom stereocenters. The maximum Gasteiger partial charge on any atom is 0.317 e. The van der Waals surface area contributed by atoms with E-state index in [1.165, 1.54) is 17.0 Å². The maximum atomic E-state index is 13.3. The molecule has 0 atom stereocenters. The van der Waals surface area contributed by atoms with E-state index in [-0.39, 0.29) is 24.8 Å². The van der Waals surface area contributed by atoms with Crippen LogP contribution in [0.3, 0.4) is 0 Å². The number of H-pyrrole nitrogens is 1. The van der Waals surface area contributed by atoms with Crippen molar-refractivity contribution < 1.29 is 19.1 Å². The number of aliphatic carboxylic acids is 1. The van der Waals surface area contributed by atoms with Gasteiger partial charge in [0.15, 0.2) is 0 Å². The number of fused-ring (bicyclic) bond motifs is 1. The van der Waals surface area contributed by atoms with Gasteiger partial charge < -0.3 is 20.3 Å². The molecule has 0 aliphatic rings. The molecular formula is C16H20FN3O3. The van der Waals surface area contributed by atoms with Crippen molar-refractivity contribution in [3.05, 3.63) is 35.8 Å². The summed E-state index contributed by atoms with van der Waals surface area (Å²) in [7, 11) is 1.56. The molecule has 0 aliphatic carbocycles. The minimum atomic E-state index is -0.934. The summed E-state index contributed by atoms with van der Waals surface area (Å²) in [5.41, 5.74) is 1.90. The number of carboxylic acids is 1. The quantitative estimate of drug-likeness (QED) is 0.684. The summed E-state index contributed by atoms with van der Waals surface area (Å²) in [6.45, 7) is 0.640. The van der Waals surface area contributed by atoms with Crippen LogP contribution in [0.15, 0.2) is 24.4 Å². The number of hydrogen-bond acceptors (Lipinski definition) is 2. The molecule has 1 aromatic heterocycles. The van der Waals surface area contributed by atoms with E-state index in [0.29, 0.717) is 19.4 Å². The predicted molar refractivity (Wildman–Crippen MR) is 84.9 cm³/mol. The van der Waals surface area contributed by atoms with Crippen LogP contribution in [0.4, 0.5) is 9.18 Å². The first-order valence-electron chi connectivity index (χ1n) is 7.43. The second-order valence-electron chi connectivity index (χ2n) is 5.40. The zero-order chi connectivity index (χ0) is 16.8. The second-order valence-corrected chi connectivity index (χ2v) is 5.40. The number of aromatic nitrogens is 1. The Hall–Kier alpha value is -2.57. The highest BCUT2D eigenvalue weighted by atomic mass is 19.1.